The molecule has 0 fully saturated rings. The monoisotopic (exact) mass is 469 g/mol. The lowest BCUT2D eigenvalue weighted by molar-refractivity contribution is -0.113. The van der Waals surface area contributed by atoms with Crippen LogP contribution in [0, 0.1) is 5.82 Å². The van der Waals surface area contributed by atoms with Gasteiger partial charge in [0.2, 0.25) is 5.91 Å². The summed E-state index contributed by atoms with van der Waals surface area (Å²) in [5.74, 6) is -0.591. The lowest BCUT2D eigenvalue weighted by Gasteiger charge is -2.15. The minimum atomic E-state index is -0.532. The van der Waals surface area contributed by atoms with Crippen molar-refractivity contribution in [3.05, 3.63) is 87.9 Å². The van der Waals surface area contributed by atoms with Gasteiger partial charge in [0, 0.05) is 5.02 Å². The average Bonchev–Trinajstić information content (AvgIpc) is 2.79. The van der Waals surface area contributed by atoms with Crippen molar-refractivity contribution < 1.29 is 13.9 Å². The number of anilines is 1. The van der Waals surface area contributed by atoms with Gasteiger partial charge < -0.3 is 10.1 Å². The average molecular weight is 470 g/mol. The molecule has 1 aromatic heterocycles. The molecule has 0 aliphatic carbocycles. The van der Waals surface area contributed by atoms with E-state index in [9.17, 15) is 14.0 Å². The molecule has 0 aliphatic heterocycles. The third-order valence-electron chi connectivity index (χ3n) is 4.61. The van der Waals surface area contributed by atoms with Gasteiger partial charge in [-0.2, -0.15) is 0 Å². The molecule has 6 nitrogen and oxygen atoms in total. The molecule has 0 bridgehead atoms. The maximum absolute atomic E-state index is 13.8. The molecule has 0 radical (unpaired) electrons. The van der Waals surface area contributed by atoms with E-state index in [1.54, 1.807) is 48.5 Å². The summed E-state index contributed by atoms with van der Waals surface area (Å²) in [6.45, 7) is 0. The van der Waals surface area contributed by atoms with Gasteiger partial charge in [-0.3, -0.25) is 14.2 Å². The molecule has 4 rings (SSSR count). The van der Waals surface area contributed by atoms with Crippen molar-refractivity contribution in [2.75, 3.05) is 18.2 Å². The van der Waals surface area contributed by atoms with Crippen molar-refractivity contribution in [1.82, 2.24) is 9.55 Å². The van der Waals surface area contributed by atoms with Gasteiger partial charge >= 0.3 is 0 Å². The quantitative estimate of drug-likeness (QED) is 0.320. The normalized spacial score (nSPS) is 10.8. The van der Waals surface area contributed by atoms with Crippen molar-refractivity contribution in [3.63, 3.8) is 0 Å². The molecule has 162 valence electrons. The standard InChI is InChI=1S/C23H17ClFN3O3S/c1-31-20-9-5-4-8-19(20)28-22(30)15-11-10-14(24)12-18(15)27-23(28)32-13-21(29)26-17-7-3-2-6-16(17)25/h2-12H,13H2,1H3,(H,26,29). The lowest BCUT2D eigenvalue weighted by Crippen LogP contribution is -2.23. The zero-order chi connectivity index (χ0) is 22.7. The van der Waals surface area contributed by atoms with E-state index in [2.05, 4.69) is 10.3 Å². The number of nitrogens with one attached hydrogen (secondary N) is 1. The zero-order valence-corrected chi connectivity index (χ0v) is 18.4. The van der Waals surface area contributed by atoms with Crippen molar-refractivity contribution in [2.24, 2.45) is 0 Å². The minimum Gasteiger partial charge on any atom is -0.495 e. The molecular weight excluding hydrogens is 453 g/mol. The molecular formula is C23H17ClFN3O3S. The number of amides is 1. The Bertz CT molecular complexity index is 1380. The smallest absolute Gasteiger partial charge is 0.266 e. The van der Waals surface area contributed by atoms with Gasteiger partial charge in [-0.15, -0.1) is 0 Å². The van der Waals surface area contributed by atoms with Crippen LogP contribution < -0.4 is 15.6 Å². The highest BCUT2D eigenvalue weighted by Gasteiger charge is 2.18. The van der Waals surface area contributed by atoms with Crippen LogP contribution in [0.15, 0.2) is 76.7 Å². The third kappa shape index (κ3) is 4.46. The summed E-state index contributed by atoms with van der Waals surface area (Å²) in [4.78, 5) is 30.4. The molecule has 32 heavy (non-hydrogen) atoms. The number of halogens is 2. The van der Waals surface area contributed by atoms with E-state index >= 15 is 0 Å². The van der Waals surface area contributed by atoms with Crippen molar-refractivity contribution in [1.29, 1.82) is 0 Å². The first-order valence-electron chi connectivity index (χ1n) is 9.51. The molecule has 0 saturated heterocycles. The third-order valence-corrected chi connectivity index (χ3v) is 5.78. The number of aromatic nitrogens is 2. The molecule has 0 saturated carbocycles. The number of carbonyl (C=O) groups is 1. The number of hydrogen-bond donors (Lipinski definition) is 1. The van der Waals surface area contributed by atoms with Gasteiger partial charge in [-0.05, 0) is 42.5 Å². The number of nitrogens with zero attached hydrogens (tertiary/aromatic N) is 2. The fraction of sp³-hybridized carbons (Fsp3) is 0.0870. The summed E-state index contributed by atoms with van der Waals surface area (Å²) in [5, 5.41) is 3.62. The van der Waals surface area contributed by atoms with Gasteiger partial charge in [0.15, 0.2) is 5.16 Å². The van der Waals surface area contributed by atoms with E-state index < -0.39 is 11.7 Å². The SMILES string of the molecule is COc1ccccc1-n1c(SCC(=O)Nc2ccccc2F)nc2cc(Cl)ccc2c1=O. The summed E-state index contributed by atoms with van der Waals surface area (Å²) in [6, 6.07) is 17.7. The molecule has 3 aromatic carbocycles. The summed E-state index contributed by atoms with van der Waals surface area (Å²) in [7, 11) is 1.51. The first-order valence-corrected chi connectivity index (χ1v) is 10.9. The number of carbonyl (C=O) groups excluding carboxylic acids is 1. The van der Waals surface area contributed by atoms with Crippen LogP contribution in [0.5, 0.6) is 5.75 Å². The first kappa shape index (κ1) is 21.9. The van der Waals surface area contributed by atoms with Crippen LogP contribution in [-0.4, -0.2) is 28.3 Å². The molecule has 0 aliphatic rings. The maximum atomic E-state index is 13.8. The largest absolute Gasteiger partial charge is 0.495 e. The van der Waals surface area contributed by atoms with E-state index in [-0.39, 0.29) is 22.2 Å². The number of rotatable bonds is 6. The Morgan fingerprint density at radius 2 is 1.91 bits per heavy atom. The molecule has 1 heterocycles. The predicted molar refractivity (Wildman–Crippen MR) is 125 cm³/mol. The fourth-order valence-corrected chi connectivity index (χ4v) is 4.11. The lowest BCUT2D eigenvalue weighted by atomic mass is 10.2. The Balaban J connectivity index is 1.74. The summed E-state index contributed by atoms with van der Waals surface area (Å²) in [5.41, 5.74) is 0.652. The van der Waals surface area contributed by atoms with Gasteiger partial charge in [0.25, 0.3) is 5.56 Å². The van der Waals surface area contributed by atoms with Gasteiger partial charge in [-0.25, -0.2) is 9.37 Å². The fourth-order valence-electron chi connectivity index (χ4n) is 3.14. The van der Waals surface area contributed by atoms with E-state index in [0.717, 1.165) is 11.8 Å². The Hall–Kier alpha value is -3.36. The second kappa shape index (κ2) is 9.42. The van der Waals surface area contributed by atoms with Gasteiger partial charge in [0.1, 0.15) is 11.6 Å². The second-order valence-electron chi connectivity index (χ2n) is 6.68. The van der Waals surface area contributed by atoms with Crippen molar-refractivity contribution in [2.45, 2.75) is 5.16 Å². The van der Waals surface area contributed by atoms with E-state index in [1.807, 2.05) is 0 Å². The molecule has 4 aromatic rings. The van der Waals surface area contributed by atoms with E-state index in [1.165, 1.54) is 29.9 Å². The topological polar surface area (TPSA) is 73.2 Å². The summed E-state index contributed by atoms with van der Waals surface area (Å²) < 4.78 is 20.7. The molecule has 0 unspecified atom stereocenters. The van der Waals surface area contributed by atoms with Crippen LogP contribution in [0.4, 0.5) is 10.1 Å². The second-order valence-corrected chi connectivity index (χ2v) is 8.06. The summed E-state index contributed by atoms with van der Waals surface area (Å²) in [6.07, 6.45) is 0. The van der Waals surface area contributed by atoms with Crippen LogP contribution in [0.25, 0.3) is 16.6 Å². The molecule has 0 spiro atoms. The number of ether oxygens (including phenoxy) is 1. The summed E-state index contributed by atoms with van der Waals surface area (Å²) >= 11 is 7.13. The van der Waals surface area contributed by atoms with E-state index in [0.29, 0.717) is 27.4 Å². The van der Waals surface area contributed by atoms with Crippen LogP contribution in [0.3, 0.4) is 0 Å². The molecule has 9 heteroatoms. The zero-order valence-electron chi connectivity index (χ0n) is 16.8. The Morgan fingerprint density at radius 1 is 1.16 bits per heavy atom. The van der Waals surface area contributed by atoms with Crippen LogP contribution in [-0.2, 0) is 4.79 Å². The highest BCUT2D eigenvalue weighted by molar-refractivity contribution is 7.99. The Morgan fingerprint density at radius 3 is 2.69 bits per heavy atom. The number of hydrogen-bond acceptors (Lipinski definition) is 5. The Kier molecular flexibility index (Phi) is 6.43. The first-order chi connectivity index (χ1) is 15.5. The molecule has 1 amide bonds. The van der Waals surface area contributed by atoms with Crippen LogP contribution >= 0.6 is 23.4 Å². The number of methoxy groups -OCH3 is 1. The van der Waals surface area contributed by atoms with E-state index in [4.69, 9.17) is 16.3 Å². The number of fused-ring (bicyclic) bond motifs is 1. The minimum absolute atomic E-state index is 0.0819. The van der Waals surface area contributed by atoms with Gasteiger partial charge in [0.05, 0.1) is 35.1 Å². The Labute approximate surface area is 192 Å². The maximum Gasteiger partial charge on any atom is 0.266 e. The predicted octanol–water partition coefficient (Wildman–Crippen LogP) is 4.92. The molecule has 0 atom stereocenters. The van der Waals surface area contributed by atoms with Crippen LogP contribution in [0.2, 0.25) is 5.02 Å². The van der Waals surface area contributed by atoms with Gasteiger partial charge in [-0.1, -0.05) is 47.6 Å². The number of para-hydroxylation sites is 3. The number of thioether (sulfide) groups is 1. The van der Waals surface area contributed by atoms with Crippen LogP contribution in [0.1, 0.15) is 0 Å². The highest BCUT2D eigenvalue weighted by atomic mass is 35.5. The van der Waals surface area contributed by atoms with Crippen molar-refractivity contribution >= 4 is 45.9 Å². The number of benzene rings is 3. The molecule has 1 N–H and O–H groups in total. The van der Waals surface area contributed by atoms with Crippen molar-refractivity contribution in [3.8, 4) is 11.4 Å². The highest BCUT2D eigenvalue weighted by Crippen LogP contribution is 2.28.